The van der Waals surface area contributed by atoms with Gasteiger partial charge in [0.25, 0.3) is 0 Å². The van der Waals surface area contributed by atoms with Gasteiger partial charge in [-0.2, -0.15) is 10.5 Å². The molecule has 1 aromatic heterocycles. The van der Waals surface area contributed by atoms with Crippen LogP contribution in [0.2, 0.25) is 0 Å². The summed E-state index contributed by atoms with van der Waals surface area (Å²) in [6, 6.07) is 79.8. The van der Waals surface area contributed by atoms with E-state index >= 15 is 0 Å². The number of para-hydroxylation sites is 8. The molecule has 10 nitrogen and oxygen atoms in total. The third kappa shape index (κ3) is 8.06. The highest BCUT2D eigenvalue weighted by atomic mass is 16.5. The monoisotopic (exact) mass is 974 g/mol. The van der Waals surface area contributed by atoms with Crippen LogP contribution in [0, 0.1) is 29.2 Å². The van der Waals surface area contributed by atoms with Gasteiger partial charge in [-0.25, -0.2) is 19.8 Å². The quantitative estimate of drug-likeness (QED) is 0.137. The number of nitrogens with zero attached hydrogens (tertiary/aromatic N) is 8. The topological polar surface area (TPSA) is 116 Å². The molecule has 354 valence electrons. The zero-order valence-corrected chi connectivity index (χ0v) is 40.3. The van der Waals surface area contributed by atoms with Crippen LogP contribution in [-0.2, 0) is 0 Å². The number of rotatable bonds is 8. The van der Waals surface area contributed by atoms with Crippen molar-refractivity contribution in [1.29, 1.82) is 10.5 Å². The predicted molar refractivity (Wildman–Crippen MR) is 298 cm³/mol. The van der Waals surface area contributed by atoms with Gasteiger partial charge in [-0.05, 0) is 130 Å². The van der Waals surface area contributed by atoms with E-state index in [0.717, 1.165) is 84.2 Å². The number of fused-ring (bicyclic) bond motifs is 4. The molecule has 10 aromatic carbocycles. The summed E-state index contributed by atoms with van der Waals surface area (Å²) in [5.74, 6) is 4.03. The molecule has 0 saturated heterocycles. The lowest BCUT2D eigenvalue weighted by Gasteiger charge is -2.34. The Balaban J connectivity index is 1.08. The fourth-order valence-corrected chi connectivity index (χ4v) is 9.89. The smallest absolute Gasteiger partial charge is 0.187 e. The molecule has 3 heterocycles. The highest BCUT2D eigenvalue weighted by molar-refractivity contribution is 5.96. The summed E-state index contributed by atoms with van der Waals surface area (Å²) in [4.78, 5) is 24.4. The van der Waals surface area contributed by atoms with Gasteiger partial charge in [0.15, 0.2) is 46.2 Å². The maximum atomic E-state index is 9.71. The zero-order valence-electron chi connectivity index (χ0n) is 40.3. The van der Waals surface area contributed by atoms with E-state index < -0.39 is 0 Å². The van der Waals surface area contributed by atoms with E-state index in [9.17, 15) is 10.5 Å². The normalized spacial score (nSPS) is 11.8. The lowest BCUT2D eigenvalue weighted by molar-refractivity contribution is 0.477. The zero-order chi connectivity index (χ0) is 51.1. The van der Waals surface area contributed by atoms with Gasteiger partial charge in [-0.1, -0.05) is 133 Å². The summed E-state index contributed by atoms with van der Waals surface area (Å²) < 4.78 is 13.1. The molecule has 13 rings (SSSR count). The van der Waals surface area contributed by atoms with Crippen molar-refractivity contribution in [2.75, 3.05) is 9.80 Å². The van der Waals surface area contributed by atoms with E-state index in [1.807, 2.05) is 188 Å². The molecule has 0 radical (unpaired) electrons. The van der Waals surface area contributed by atoms with Crippen LogP contribution < -0.4 is 19.3 Å². The molecule has 0 bridgehead atoms. The van der Waals surface area contributed by atoms with Crippen LogP contribution in [0.4, 0.5) is 39.8 Å². The molecule has 0 atom stereocenters. The van der Waals surface area contributed by atoms with E-state index in [1.54, 1.807) is 6.07 Å². The standard InChI is InChI=1S/C66H38N8O2/c1-69-51-33-29-46(30-34-51)50-32-36-53(59(39-50)74-56-15-4-8-19-62(56)76-63-20-9-5-16-57(63)74)66-71-64(47-27-25-45(26-28-47)48-12-10-11-43(37-48)41-68)70-65(72-66)52-35-31-49(44-23-21-42(40-67)22-24-44)38-58(52)73-54-13-2-6-17-60(54)75-61-18-7-3-14-55(61)73/h2-39H. The van der Waals surface area contributed by atoms with Crippen molar-refractivity contribution < 1.29 is 9.47 Å². The molecule has 2 aliphatic heterocycles. The van der Waals surface area contributed by atoms with Gasteiger partial charge in [-0.3, -0.25) is 0 Å². The third-order valence-corrected chi connectivity index (χ3v) is 13.6. The summed E-state index contributed by atoms with van der Waals surface area (Å²) >= 11 is 0. The number of hydrogen-bond acceptors (Lipinski definition) is 9. The fraction of sp³-hybridized carbons (Fsp3) is 0. The van der Waals surface area contributed by atoms with Crippen LogP contribution in [0.1, 0.15) is 11.1 Å². The first-order chi connectivity index (χ1) is 37.5. The average Bonchev–Trinajstić information content (AvgIpc) is 3.53. The Kier molecular flexibility index (Phi) is 11.1. The van der Waals surface area contributed by atoms with Crippen molar-refractivity contribution in [2.45, 2.75) is 0 Å². The highest BCUT2D eigenvalue weighted by Gasteiger charge is 2.31. The molecule has 0 unspecified atom stereocenters. The Morgan fingerprint density at radius 1 is 0.342 bits per heavy atom. The third-order valence-electron chi connectivity index (χ3n) is 13.6. The lowest BCUT2D eigenvalue weighted by atomic mass is 9.98. The minimum absolute atomic E-state index is 0.418. The van der Waals surface area contributed by atoms with E-state index in [4.69, 9.17) is 31.0 Å². The number of benzene rings is 10. The SMILES string of the molecule is [C-]#[N+]c1ccc(-c2ccc(-c3nc(-c4ccc(-c5cccc(C#N)c5)cc4)nc(-c4ccc(-c5ccc(C#N)cc5)cc4N4c5ccccc5Oc5ccccc54)n3)c(N3c4ccccc4Oc4ccccc43)c2)cc1. The largest absolute Gasteiger partial charge is 0.453 e. The second-order valence-corrected chi connectivity index (χ2v) is 18.1. The number of ether oxygens (including phenoxy) is 2. The maximum Gasteiger partial charge on any atom is 0.187 e. The molecule has 2 aliphatic rings. The van der Waals surface area contributed by atoms with Crippen molar-refractivity contribution in [3.8, 4) is 103 Å². The molecular weight excluding hydrogens is 937 g/mol. The molecular formula is C66H38N8O2. The fourth-order valence-electron chi connectivity index (χ4n) is 9.89. The number of hydrogen-bond donors (Lipinski definition) is 0. The Labute approximate surface area is 438 Å². The molecule has 0 fully saturated rings. The molecule has 0 spiro atoms. The van der Waals surface area contributed by atoms with Gasteiger partial charge in [-0.15, -0.1) is 0 Å². The van der Waals surface area contributed by atoms with Crippen LogP contribution in [0.25, 0.3) is 72.4 Å². The lowest BCUT2D eigenvalue weighted by Crippen LogP contribution is -2.17. The minimum Gasteiger partial charge on any atom is -0.453 e. The summed E-state index contributed by atoms with van der Waals surface area (Å²) in [7, 11) is 0. The predicted octanol–water partition coefficient (Wildman–Crippen LogP) is 17.3. The van der Waals surface area contributed by atoms with E-state index in [-0.39, 0.29) is 0 Å². The molecule has 0 aliphatic carbocycles. The average molecular weight is 975 g/mol. The summed E-state index contributed by atoms with van der Waals surface area (Å²) in [6.45, 7) is 7.63. The van der Waals surface area contributed by atoms with Crippen molar-refractivity contribution in [3.05, 3.63) is 253 Å². The Morgan fingerprint density at radius 3 is 1.17 bits per heavy atom. The van der Waals surface area contributed by atoms with Gasteiger partial charge in [0, 0.05) is 16.7 Å². The van der Waals surface area contributed by atoms with Crippen molar-refractivity contribution in [3.63, 3.8) is 0 Å². The Morgan fingerprint density at radius 2 is 0.724 bits per heavy atom. The van der Waals surface area contributed by atoms with Crippen LogP contribution in [0.15, 0.2) is 231 Å². The van der Waals surface area contributed by atoms with Crippen LogP contribution in [-0.4, -0.2) is 15.0 Å². The summed E-state index contributed by atoms with van der Waals surface area (Å²) in [5, 5.41) is 19.4. The highest BCUT2D eigenvalue weighted by Crippen LogP contribution is 2.55. The van der Waals surface area contributed by atoms with Gasteiger partial charge < -0.3 is 19.3 Å². The minimum atomic E-state index is 0.418. The van der Waals surface area contributed by atoms with E-state index in [2.05, 4.69) is 63.2 Å². The van der Waals surface area contributed by atoms with Gasteiger partial charge in [0.1, 0.15) is 0 Å². The second kappa shape index (κ2) is 18.8. The first-order valence-corrected chi connectivity index (χ1v) is 24.5. The molecule has 10 heteroatoms. The molecule has 0 saturated carbocycles. The van der Waals surface area contributed by atoms with Crippen molar-refractivity contribution in [1.82, 2.24) is 15.0 Å². The van der Waals surface area contributed by atoms with Crippen molar-refractivity contribution in [2.24, 2.45) is 0 Å². The van der Waals surface area contributed by atoms with Crippen LogP contribution in [0.5, 0.6) is 23.0 Å². The van der Waals surface area contributed by atoms with Gasteiger partial charge in [0.2, 0.25) is 0 Å². The summed E-state index contributed by atoms with van der Waals surface area (Å²) in [5.41, 5.74) is 14.4. The van der Waals surface area contributed by atoms with Gasteiger partial charge >= 0.3 is 0 Å². The summed E-state index contributed by atoms with van der Waals surface area (Å²) in [6.07, 6.45) is 0. The molecule has 76 heavy (non-hydrogen) atoms. The number of aromatic nitrogens is 3. The van der Waals surface area contributed by atoms with E-state index in [1.165, 1.54) is 0 Å². The molecule has 11 aromatic rings. The van der Waals surface area contributed by atoms with Crippen molar-refractivity contribution >= 4 is 39.8 Å². The van der Waals surface area contributed by atoms with E-state index in [0.29, 0.717) is 57.3 Å². The Hall–Kier alpha value is -11.1. The molecule has 0 N–H and O–H groups in total. The number of anilines is 6. The number of nitriles is 2. The Bertz CT molecular complexity index is 3920. The first kappa shape index (κ1) is 44.8. The van der Waals surface area contributed by atoms with Gasteiger partial charge in [0.05, 0.1) is 64.0 Å². The van der Waals surface area contributed by atoms with Crippen LogP contribution >= 0.6 is 0 Å². The van der Waals surface area contributed by atoms with Crippen LogP contribution in [0.3, 0.4) is 0 Å². The first-order valence-electron chi connectivity index (χ1n) is 24.5. The second-order valence-electron chi connectivity index (χ2n) is 18.1. The molecule has 0 amide bonds. The maximum absolute atomic E-state index is 9.71.